The molecule has 0 unspecified atom stereocenters. The van der Waals surface area contributed by atoms with Crippen molar-refractivity contribution in [3.05, 3.63) is 34.9 Å². The molecule has 3 amide bonds. The molecule has 1 aromatic carbocycles. The molecule has 0 saturated carbocycles. The van der Waals surface area contributed by atoms with Gasteiger partial charge in [-0.1, -0.05) is 29.8 Å². The first-order valence-corrected chi connectivity index (χ1v) is 9.61. The lowest BCUT2D eigenvalue weighted by atomic mass is 10.1. The van der Waals surface area contributed by atoms with Crippen LogP contribution in [0.4, 0.5) is 0 Å². The van der Waals surface area contributed by atoms with Crippen molar-refractivity contribution < 1.29 is 19.1 Å². The normalized spacial score (nSPS) is 17.7. The molecule has 0 N–H and O–H groups in total. The van der Waals surface area contributed by atoms with Crippen LogP contribution in [0.3, 0.4) is 0 Å². The van der Waals surface area contributed by atoms with E-state index in [1.165, 1.54) is 9.80 Å². The largest absolute Gasteiger partial charge is 0.378 e. The minimum Gasteiger partial charge on any atom is -0.378 e. The number of rotatable bonds is 3. The van der Waals surface area contributed by atoms with Crippen LogP contribution in [-0.4, -0.2) is 84.9 Å². The first kappa shape index (κ1) is 19.6. The van der Waals surface area contributed by atoms with E-state index in [2.05, 4.69) is 0 Å². The summed E-state index contributed by atoms with van der Waals surface area (Å²) in [6.07, 6.45) is 0.970. The van der Waals surface area contributed by atoms with E-state index in [0.29, 0.717) is 70.3 Å². The summed E-state index contributed by atoms with van der Waals surface area (Å²) in [7, 11) is 0. The van der Waals surface area contributed by atoms with Gasteiger partial charge in [-0.2, -0.15) is 0 Å². The zero-order chi connectivity index (χ0) is 19.2. The van der Waals surface area contributed by atoms with Gasteiger partial charge in [-0.05, 0) is 18.1 Å². The Balaban J connectivity index is 1.45. The number of piperazine rings is 1. The molecular formula is C19H24ClN3O4. The second-order valence-electron chi connectivity index (χ2n) is 6.67. The molecule has 146 valence electrons. The third-order valence-corrected chi connectivity index (χ3v) is 5.34. The highest BCUT2D eigenvalue weighted by Crippen LogP contribution is 2.17. The predicted octanol–water partition coefficient (Wildman–Crippen LogP) is 0.802. The van der Waals surface area contributed by atoms with Gasteiger partial charge in [0.1, 0.15) is 0 Å². The van der Waals surface area contributed by atoms with Crippen molar-refractivity contribution in [2.75, 3.05) is 52.5 Å². The molecule has 1 aromatic rings. The fraction of sp³-hybridized carbons (Fsp3) is 0.526. The molecule has 0 spiro atoms. The molecule has 0 atom stereocenters. The van der Waals surface area contributed by atoms with E-state index in [9.17, 15) is 14.4 Å². The molecule has 27 heavy (non-hydrogen) atoms. The summed E-state index contributed by atoms with van der Waals surface area (Å²) in [6, 6.07) is 7.50. The third kappa shape index (κ3) is 4.99. The van der Waals surface area contributed by atoms with Crippen LogP contribution in [-0.2, 0) is 25.5 Å². The number of carbonyl (C=O) groups is 3. The number of ether oxygens (including phenoxy) is 1. The minimum atomic E-state index is -0.486. The Morgan fingerprint density at radius 1 is 0.852 bits per heavy atom. The van der Waals surface area contributed by atoms with E-state index in [1.807, 2.05) is 24.3 Å². The Morgan fingerprint density at radius 3 is 2.04 bits per heavy atom. The van der Waals surface area contributed by atoms with Crippen molar-refractivity contribution in [3.63, 3.8) is 0 Å². The van der Waals surface area contributed by atoms with Gasteiger partial charge in [0.05, 0.1) is 13.2 Å². The van der Waals surface area contributed by atoms with Gasteiger partial charge < -0.3 is 19.4 Å². The molecule has 0 bridgehead atoms. The van der Waals surface area contributed by atoms with Gasteiger partial charge in [0.25, 0.3) is 0 Å². The summed E-state index contributed by atoms with van der Waals surface area (Å²) in [5.74, 6) is -0.918. The zero-order valence-corrected chi connectivity index (χ0v) is 16.0. The van der Waals surface area contributed by atoms with E-state index in [0.717, 1.165) is 5.56 Å². The first-order chi connectivity index (χ1) is 13.1. The van der Waals surface area contributed by atoms with Crippen LogP contribution in [0.5, 0.6) is 0 Å². The highest BCUT2D eigenvalue weighted by Gasteiger charge is 2.31. The molecule has 3 rings (SSSR count). The van der Waals surface area contributed by atoms with Crippen LogP contribution in [0.2, 0.25) is 5.02 Å². The third-order valence-electron chi connectivity index (χ3n) is 4.97. The summed E-state index contributed by atoms with van der Waals surface area (Å²) in [6.45, 7) is 3.49. The summed E-state index contributed by atoms with van der Waals surface area (Å²) < 4.78 is 5.21. The molecular weight excluding hydrogens is 370 g/mol. The van der Waals surface area contributed by atoms with Gasteiger partial charge in [-0.3, -0.25) is 14.4 Å². The summed E-state index contributed by atoms with van der Waals surface area (Å²) in [5, 5.41) is 0.669. The molecule has 2 aliphatic rings. The zero-order valence-electron chi connectivity index (χ0n) is 15.2. The van der Waals surface area contributed by atoms with Crippen LogP contribution in [0.15, 0.2) is 24.3 Å². The van der Waals surface area contributed by atoms with E-state index in [-0.39, 0.29) is 5.91 Å². The Labute approximate surface area is 163 Å². The predicted molar refractivity (Wildman–Crippen MR) is 100 cm³/mol. The molecule has 2 heterocycles. The van der Waals surface area contributed by atoms with Crippen molar-refractivity contribution in [2.45, 2.75) is 12.8 Å². The van der Waals surface area contributed by atoms with Gasteiger partial charge in [-0.25, -0.2) is 0 Å². The molecule has 0 radical (unpaired) electrons. The Hall–Kier alpha value is -2.12. The van der Waals surface area contributed by atoms with Crippen LogP contribution in [0.25, 0.3) is 0 Å². The molecule has 0 aromatic heterocycles. The van der Waals surface area contributed by atoms with E-state index < -0.39 is 11.8 Å². The van der Waals surface area contributed by atoms with E-state index in [4.69, 9.17) is 16.3 Å². The average Bonchev–Trinajstić information content (AvgIpc) is 2.72. The van der Waals surface area contributed by atoms with Gasteiger partial charge in [-0.15, -0.1) is 0 Å². The summed E-state index contributed by atoms with van der Waals surface area (Å²) in [4.78, 5) is 41.9. The lowest BCUT2D eigenvalue weighted by molar-refractivity contribution is -0.155. The number of hydrogen-bond acceptors (Lipinski definition) is 4. The van der Waals surface area contributed by atoms with Gasteiger partial charge in [0.2, 0.25) is 5.91 Å². The van der Waals surface area contributed by atoms with Crippen LogP contribution in [0.1, 0.15) is 12.0 Å². The number of carbonyl (C=O) groups excluding carboxylic acids is 3. The van der Waals surface area contributed by atoms with Crippen molar-refractivity contribution in [2.24, 2.45) is 0 Å². The molecule has 2 fully saturated rings. The maximum absolute atomic E-state index is 12.4. The lowest BCUT2D eigenvalue weighted by Crippen LogP contribution is -2.55. The molecule has 8 heteroatoms. The quantitative estimate of drug-likeness (QED) is 0.712. The van der Waals surface area contributed by atoms with Crippen molar-refractivity contribution in [1.29, 1.82) is 0 Å². The number of nitrogens with zero attached hydrogens (tertiary/aromatic N) is 3. The van der Waals surface area contributed by atoms with Crippen molar-refractivity contribution >= 4 is 29.3 Å². The van der Waals surface area contributed by atoms with Crippen LogP contribution >= 0.6 is 11.6 Å². The number of morpholine rings is 1. The summed E-state index contributed by atoms with van der Waals surface area (Å²) >= 11 is 6.13. The van der Waals surface area contributed by atoms with E-state index >= 15 is 0 Å². The maximum atomic E-state index is 12.4. The van der Waals surface area contributed by atoms with Crippen LogP contribution < -0.4 is 0 Å². The second kappa shape index (κ2) is 9.19. The Kier molecular flexibility index (Phi) is 6.68. The standard InChI is InChI=1S/C19H24ClN3O4/c20-16-4-2-1-3-15(16)5-6-17(24)21-7-9-22(10-8-21)18(25)19(26)23-11-13-27-14-12-23/h1-4H,5-14H2. The second-order valence-corrected chi connectivity index (χ2v) is 7.08. The van der Waals surface area contributed by atoms with Gasteiger partial charge in [0, 0.05) is 50.7 Å². The Bertz CT molecular complexity index is 698. The highest BCUT2D eigenvalue weighted by atomic mass is 35.5. The molecule has 7 nitrogen and oxygen atoms in total. The number of benzene rings is 1. The minimum absolute atomic E-state index is 0.0431. The number of amides is 3. The number of aryl methyl sites for hydroxylation is 1. The van der Waals surface area contributed by atoms with E-state index in [1.54, 1.807) is 4.90 Å². The average molecular weight is 394 g/mol. The van der Waals surface area contributed by atoms with Crippen molar-refractivity contribution in [3.8, 4) is 0 Å². The molecule has 2 aliphatic heterocycles. The lowest BCUT2D eigenvalue weighted by Gasteiger charge is -2.36. The SMILES string of the molecule is O=C(CCc1ccccc1Cl)N1CCN(C(=O)C(=O)N2CCOCC2)CC1. The monoisotopic (exact) mass is 393 g/mol. The number of hydrogen-bond donors (Lipinski definition) is 0. The Morgan fingerprint density at radius 2 is 1.41 bits per heavy atom. The van der Waals surface area contributed by atoms with Gasteiger partial charge >= 0.3 is 11.8 Å². The summed E-state index contributed by atoms with van der Waals surface area (Å²) in [5.41, 5.74) is 0.956. The van der Waals surface area contributed by atoms with Crippen molar-refractivity contribution in [1.82, 2.24) is 14.7 Å². The first-order valence-electron chi connectivity index (χ1n) is 9.23. The molecule has 0 aliphatic carbocycles. The fourth-order valence-electron chi connectivity index (χ4n) is 3.30. The van der Waals surface area contributed by atoms with Crippen LogP contribution in [0, 0.1) is 0 Å². The fourth-order valence-corrected chi connectivity index (χ4v) is 3.53. The number of halogens is 1. The maximum Gasteiger partial charge on any atom is 0.312 e. The topological polar surface area (TPSA) is 70.2 Å². The van der Waals surface area contributed by atoms with Gasteiger partial charge in [0.15, 0.2) is 0 Å². The highest BCUT2D eigenvalue weighted by molar-refractivity contribution is 6.35. The smallest absolute Gasteiger partial charge is 0.312 e. The molecule has 2 saturated heterocycles.